The molecule has 3 rings (SSSR count). The number of ether oxygens (including phenoxy) is 1. The largest absolute Gasteiger partial charge is 0.492 e. The van der Waals surface area contributed by atoms with Crippen molar-refractivity contribution in [1.29, 1.82) is 0 Å². The molecule has 1 fully saturated rings. The van der Waals surface area contributed by atoms with Crippen LogP contribution in [0.15, 0.2) is 12.7 Å². The summed E-state index contributed by atoms with van der Waals surface area (Å²) in [4.78, 5) is 11.5. The number of hydrogen-bond donors (Lipinski definition) is 6. The molecule has 14 heteroatoms. The minimum Gasteiger partial charge on any atom is -0.492 e. The molecule has 0 aromatic carbocycles. The van der Waals surface area contributed by atoms with Crippen molar-refractivity contribution < 1.29 is 42.7 Å². The van der Waals surface area contributed by atoms with Crippen molar-refractivity contribution in [2.24, 2.45) is 0 Å². The van der Waals surface area contributed by atoms with E-state index in [1.165, 1.54) is 10.9 Å². The van der Waals surface area contributed by atoms with Gasteiger partial charge in [-0.25, -0.2) is 9.97 Å². The van der Waals surface area contributed by atoms with Gasteiger partial charge in [0.15, 0.2) is 17.4 Å². The Hall–Kier alpha value is -1.94. The van der Waals surface area contributed by atoms with Gasteiger partial charge < -0.3 is 25.2 Å². The van der Waals surface area contributed by atoms with Gasteiger partial charge >= 0.3 is 10.4 Å². The number of aliphatic hydroxyl groups excluding tert-OH is 3. The van der Waals surface area contributed by atoms with Crippen LogP contribution in [0.4, 0.5) is 0 Å². The Morgan fingerprint density at radius 3 is 2.33 bits per heavy atom. The van der Waals surface area contributed by atoms with E-state index in [9.17, 15) is 15.3 Å². The van der Waals surface area contributed by atoms with Crippen LogP contribution in [0.5, 0.6) is 5.88 Å². The third kappa shape index (κ3) is 3.93. The maximum atomic E-state index is 9.92. The summed E-state index contributed by atoms with van der Waals surface area (Å²) in [7, 11) is -4.67. The highest BCUT2D eigenvalue weighted by Crippen LogP contribution is 2.32. The fourth-order valence-corrected chi connectivity index (χ4v) is 2.14. The molecule has 0 bridgehead atoms. The number of nitrogens with zero attached hydrogens (tertiary/aromatic N) is 4. The van der Waals surface area contributed by atoms with E-state index in [1.54, 1.807) is 0 Å². The van der Waals surface area contributed by atoms with E-state index in [2.05, 4.69) is 15.0 Å². The summed E-state index contributed by atoms with van der Waals surface area (Å²) in [5, 5.41) is 38.2. The third-order valence-corrected chi connectivity index (χ3v) is 3.13. The summed E-state index contributed by atoms with van der Waals surface area (Å²) in [5.41, 5.74) is 0.433. The van der Waals surface area contributed by atoms with E-state index in [1.807, 2.05) is 0 Å². The Morgan fingerprint density at radius 2 is 1.79 bits per heavy atom. The van der Waals surface area contributed by atoms with Crippen LogP contribution in [0.2, 0.25) is 0 Å². The Morgan fingerprint density at radius 1 is 1.17 bits per heavy atom. The molecule has 0 amide bonds. The lowest BCUT2D eigenvalue weighted by Gasteiger charge is -2.16. The minimum absolute atomic E-state index is 0.167. The molecule has 0 saturated carbocycles. The monoisotopic (exact) mass is 366 g/mol. The minimum atomic E-state index is -4.67. The van der Waals surface area contributed by atoms with Crippen molar-refractivity contribution >= 4 is 21.6 Å². The molecule has 24 heavy (non-hydrogen) atoms. The number of aromatic nitrogens is 4. The zero-order valence-electron chi connectivity index (χ0n) is 11.8. The summed E-state index contributed by atoms with van der Waals surface area (Å²) < 4.78 is 38.3. The molecule has 0 aliphatic carbocycles. The molecular formula is C10H14N4O9S. The SMILES string of the molecule is O=S(=O)(O)O.OC[C@H]1O[C@@H](n2cnc3c(O)ncnc32)C(O)C1O. The normalized spacial score (nSPS) is 27.0. The topological polar surface area (TPSA) is 208 Å². The molecule has 1 aliphatic heterocycles. The molecule has 1 aliphatic rings. The van der Waals surface area contributed by atoms with Crippen molar-refractivity contribution in [3.05, 3.63) is 12.7 Å². The first-order chi connectivity index (χ1) is 11.1. The number of imidazole rings is 1. The van der Waals surface area contributed by atoms with Gasteiger partial charge in [0.25, 0.3) is 0 Å². The maximum Gasteiger partial charge on any atom is 0.394 e. The summed E-state index contributed by atoms with van der Waals surface area (Å²) in [6.45, 7) is -0.415. The molecule has 0 spiro atoms. The van der Waals surface area contributed by atoms with Gasteiger partial charge in [-0.2, -0.15) is 13.4 Å². The van der Waals surface area contributed by atoms with E-state index >= 15 is 0 Å². The van der Waals surface area contributed by atoms with Crippen LogP contribution in [0.25, 0.3) is 11.2 Å². The second kappa shape index (κ2) is 6.89. The van der Waals surface area contributed by atoms with Crippen molar-refractivity contribution in [1.82, 2.24) is 19.5 Å². The quantitative estimate of drug-likeness (QED) is 0.304. The van der Waals surface area contributed by atoms with Crippen LogP contribution in [0.1, 0.15) is 6.23 Å². The molecule has 2 aromatic heterocycles. The average Bonchev–Trinajstić information content (AvgIpc) is 3.01. The van der Waals surface area contributed by atoms with Crippen molar-refractivity contribution in [2.75, 3.05) is 6.61 Å². The summed E-state index contributed by atoms with van der Waals surface area (Å²) in [5.74, 6) is -0.282. The summed E-state index contributed by atoms with van der Waals surface area (Å²) in [6, 6.07) is 0. The van der Waals surface area contributed by atoms with E-state index in [0.717, 1.165) is 6.33 Å². The highest BCUT2D eigenvalue weighted by molar-refractivity contribution is 7.79. The Balaban J connectivity index is 0.000000368. The molecule has 6 N–H and O–H groups in total. The first-order valence-corrected chi connectivity index (χ1v) is 7.72. The maximum absolute atomic E-state index is 9.92. The smallest absolute Gasteiger partial charge is 0.394 e. The van der Waals surface area contributed by atoms with Crippen LogP contribution in [0.3, 0.4) is 0 Å². The van der Waals surface area contributed by atoms with Crippen molar-refractivity contribution in [3.8, 4) is 5.88 Å². The Labute approximate surface area is 134 Å². The van der Waals surface area contributed by atoms with Crippen LogP contribution in [-0.2, 0) is 15.1 Å². The third-order valence-electron chi connectivity index (χ3n) is 3.13. The lowest BCUT2D eigenvalue weighted by atomic mass is 10.1. The first-order valence-electron chi connectivity index (χ1n) is 6.32. The summed E-state index contributed by atoms with van der Waals surface area (Å²) in [6.07, 6.45) is -1.79. The van der Waals surface area contributed by atoms with Crippen LogP contribution < -0.4 is 0 Å². The zero-order chi connectivity index (χ0) is 18.1. The molecule has 2 aromatic rings. The van der Waals surface area contributed by atoms with Gasteiger partial charge in [0.1, 0.15) is 24.6 Å². The molecule has 13 nitrogen and oxygen atoms in total. The average molecular weight is 366 g/mol. The highest BCUT2D eigenvalue weighted by Gasteiger charge is 2.43. The fraction of sp³-hybridized carbons (Fsp3) is 0.500. The van der Waals surface area contributed by atoms with Gasteiger partial charge in [0.05, 0.1) is 12.9 Å². The Bertz CT molecular complexity index is 802. The standard InChI is InChI=1S/C10H12N4O5.H2O4S/c15-1-4-6(16)7(17)10(19-4)14-3-13-5-8(14)11-2-12-9(5)18;1-5(2,3)4/h2-4,6-7,10,15-17H,1H2,(H,11,12,18);(H2,1,2,3,4)/t4-,6?,7?,10-;/m1./s1. The van der Waals surface area contributed by atoms with Gasteiger partial charge in [-0.15, -0.1) is 0 Å². The second-order valence-corrected chi connectivity index (χ2v) is 5.59. The van der Waals surface area contributed by atoms with Gasteiger partial charge in [-0.1, -0.05) is 0 Å². The van der Waals surface area contributed by atoms with Gasteiger partial charge in [0.2, 0.25) is 5.88 Å². The predicted octanol–water partition coefficient (Wildman–Crippen LogP) is -2.51. The van der Waals surface area contributed by atoms with E-state index in [0.29, 0.717) is 0 Å². The lowest BCUT2D eigenvalue weighted by molar-refractivity contribution is -0.0511. The molecule has 2 unspecified atom stereocenters. The predicted molar refractivity (Wildman–Crippen MR) is 74.2 cm³/mol. The molecule has 134 valence electrons. The molecule has 0 radical (unpaired) electrons. The highest BCUT2D eigenvalue weighted by atomic mass is 32.3. The molecule has 3 heterocycles. The number of rotatable bonds is 2. The van der Waals surface area contributed by atoms with Crippen LogP contribution >= 0.6 is 0 Å². The number of aliphatic hydroxyl groups is 3. The van der Waals surface area contributed by atoms with Crippen LogP contribution in [0, 0.1) is 0 Å². The molecular weight excluding hydrogens is 352 g/mol. The van der Waals surface area contributed by atoms with E-state index in [4.69, 9.17) is 27.4 Å². The lowest BCUT2D eigenvalue weighted by Crippen LogP contribution is -2.33. The molecule has 1 saturated heterocycles. The second-order valence-electron chi connectivity index (χ2n) is 4.70. The summed E-state index contributed by atoms with van der Waals surface area (Å²) >= 11 is 0. The van der Waals surface area contributed by atoms with Crippen molar-refractivity contribution in [2.45, 2.75) is 24.5 Å². The van der Waals surface area contributed by atoms with Gasteiger partial charge in [0, 0.05) is 0 Å². The van der Waals surface area contributed by atoms with E-state index < -0.39 is 41.5 Å². The number of aromatic hydroxyl groups is 1. The number of hydrogen-bond acceptors (Lipinski definition) is 10. The first kappa shape index (κ1) is 18.4. The number of fused-ring (bicyclic) bond motifs is 1. The van der Waals surface area contributed by atoms with Gasteiger partial charge in [-0.3, -0.25) is 13.7 Å². The van der Waals surface area contributed by atoms with Crippen molar-refractivity contribution in [3.63, 3.8) is 0 Å². The Kier molecular flexibility index (Phi) is 5.29. The van der Waals surface area contributed by atoms with Gasteiger partial charge in [-0.05, 0) is 0 Å². The molecule has 4 atom stereocenters. The zero-order valence-corrected chi connectivity index (χ0v) is 12.6. The van der Waals surface area contributed by atoms with Crippen LogP contribution in [-0.4, -0.2) is 82.4 Å². The van der Waals surface area contributed by atoms with E-state index in [-0.39, 0.29) is 17.0 Å². The fourth-order valence-electron chi connectivity index (χ4n) is 2.14.